The summed E-state index contributed by atoms with van der Waals surface area (Å²) in [7, 11) is 0. The van der Waals surface area contributed by atoms with E-state index in [2.05, 4.69) is 11.8 Å². The first kappa shape index (κ1) is 8.09. The monoisotopic (exact) mass is 166 g/mol. The summed E-state index contributed by atoms with van der Waals surface area (Å²) in [4.78, 5) is 2.34. The number of rotatable bonds is 4. The van der Waals surface area contributed by atoms with E-state index in [-0.39, 0.29) is 0 Å². The zero-order chi connectivity index (χ0) is 8.55. The summed E-state index contributed by atoms with van der Waals surface area (Å²) in [6.07, 6.45) is 6.38. The molecule has 1 N–H and O–H groups in total. The summed E-state index contributed by atoms with van der Waals surface area (Å²) in [6.45, 7) is 3.32. The highest BCUT2D eigenvalue weighted by atomic mass is 15.2. The van der Waals surface area contributed by atoms with Crippen LogP contribution in [0.25, 0.3) is 0 Å². The normalized spacial score (nSPS) is 22.4. The van der Waals surface area contributed by atoms with Gasteiger partial charge in [0.2, 0.25) is 0 Å². The van der Waals surface area contributed by atoms with E-state index in [4.69, 9.17) is 5.41 Å². The van der Waals surface area contributed by atoms with E-state index in [0.717, 1.165) is 18.4 Å². The van der Waals surface area contributed by atoms with Crippen molar-refractivity contribution in [1.82, 2.24) is 4.90 Å². The van der Waals surface area contributed by atoms with Gasteiger partial charge in [-0.05, 0) is 32.1 Å². The molecule has 0 unspecified atom stereocenters. The first-order valence-electron chi connectivity index (χ1n) is 5.18. The van der Waals surface area contributed by atoms with Gasteiger partial charge in [0.05, 0.1) is 5.84 Å². The third kappa shape index (κ3) is 1.62. The van der Waals surface area contributed by atoms with Crippen LogP contribution in [0, 0.1) is 11.3 Å². The Hall–Kier alpha value is -0.530. The molecule has 0 bridgehead atoms. The Morgan fingerprint density at radius 2 is 2.00 bits per heavy atom. The molecule has 2 fully saturated rings. The van der Waals surface area contributed by atoms with Crippen LogP contribution >= 0.6 is 0 Å². The average molecular weight is 166 g/mol. The number of nitrogens with one attached hydrogen (secondary N) is 1. The van der Waals surface area contributed by atoms with E-state index < -0.39 is 0 Å². The minimum absolute atomic E-state index is 0.636. The van der Waals surface area contributed by atoms with Crippen LogP contribution in [-0.2, 0) is 0 Å². The van der Waals surface area contributed by atoms with Crippen LogP contribution < -0.4 is 0 Å². The molecule has 68 valence electrons. The second-order valence-electron chi connectivity index (χ2n) is 4.08. The smallest absolute Gasteiger partial charge is 0.0992 e. The van der Waals surface area contributed by atoms with E-state index in [9.17, 15) is 0 Å². The topological polar surface area (TPSA) is 27.1 Å². The fraction of sp³-hybridized carbons (Fsp3) is 0.900. The van der Waals surface area contributed by atoms with Gasteiger partial charge in [0.1, 0.15) is 0 Å². The van der Waals surface area contributed by atoms with Gasteiger partial charge in [-0.15, -0.1) is 0 Å². The number of amidine groups is 1. The molecule has 2 nitrogen and oxygen atoms in total. The van der Waals surface area contributed by atoms with Gasteiger partial charge < -0.3 is 4.90 Å². The molecule has 0 aliphatic heterocycles. The predicted molar refractivity (Wildman–Crippen MR) is 50.5 cm³/mol. The molecular formula is C10H18N2. The molecule has 0 spiro atoms. The molecule has 0 amide bonds. The van der Waals surface area contributed by atoms with Crippen molar-refractivity contribution in [1.29, 1.82) is 5.41 Å². The molecule has 0 saturated heterocycles. The zero-order valence-corrected chi connectivity index (χ0v) is 7.84. The molecule has 2 rings (SSSR count). The van der Waals surface area contributed by atoms with Gasteiger partial charge in [0.25, 0.3) is 0 Å². The van der Waals surface area contributed by atoms with Gasteiger partial charge >= 0.3 is 0 Å². The van der Waals surface area contributed by atoms with Crippen molar-refractivity contribution in [2.45, 2.75) is 45.1 Å². The fourth-order valence-electron chi connectivity index (χ4n) is 1.72. The third-order valence-electron chi connectivity index (χ3n) is 2.73. The molecule has 0 radical (unpaired) electrons. The number of hydrogen-bond acceptors (Lipinski definition) is 1. The third-order valence-corrected chi connectivity index (χ3v) is 2.73. The molecule has 0 aromatic heterocycles. The van der Waals surface area contributed by atoms with E-state index in [1.165, 1.54) is 32.1 Å². The maximum absolute atomic E-state index is 7.96. The van der Waals surface area contributed by atoms with Gasteiger partial charge in [-0.25, -0.2) is 0 Å². The Kier molecular flexibility index (Phi) is 2.07. The van der Waals surface area contributed by atoms with Gasteiger partial charge in [-0.3, -0.25) is 5.41 Å². The largest absolute Gasteiger partial charge is 0.357 e. The van der Waals surface area contributed by atoms with Crippen LogP contribution in [-0.4, -0.2) is 23.3 Å². The number of nitrogens with zero attached hydrogens (tertiary/aromatic N) is 1. The number of hydrogen-bond donors (Lipinski definition) is 1. The van der Waals surface area contributed by atoms with Crippen molar-refractivity contribution in [2.24, 2.45) is 5.92 Å². The van der Waals surface area contributed by atoms with Gasteiger partial charge in [-0.1, -0.05) is 6.92 Å². The molecule has 2 heteroatoms. The first-order valence-corrected chi connectivity index (χ1v) is 5.18. The van der Waals surface area contributed by atoms with E-state index >= 15 is 0 Å². The molecule has 2 aliphatic carbocycles. The highest BCUT2D eigenvalue weighted by Crippen LogP contribution is 2.36. The standard InChI is InChI=1S/C10H18N2/c1-2-7-12(9-5-6-9)10(11)8-3-4-8/h8-9,11H,2-7H2,1H3. The average Bonchev–Trinajstić information content (AvgIpc) is 2.88. The van der Waals surface area contributed by atoms with Crippen molar-refractivity contribution in [3.8, 4) is 0 Å². The molecular weight excluding hydrogens is 148 g/mol. The van der Waals surface area contributed by atoms with Gasteiger partial charge in [0.15, 0.2) is 0 Å². The second-order valence-corrected chi connectivity index (χ2v) is 4.08. The molecule has 0 heterocycles. The summed E-state index contributed by atoms with van der Waals surface area (Å²) >= 11 is 0. The quantitative estimate of drug-likeness (QED) is 0.503. The highest BCUT2D eigenvalue weighted by Gasteiger charge is 2.36. The van der Waals surface area contributed by atoms with Crippen molar-refractivity contribution < 1.29 is 0 Å². The summed E-state index contributed by atoms with van der Waals surface area (Å²) in [6, 6.07) is 0.748. The summed E-state index contributed by atoms with van der Waals surface area (Å²) in [5, 5.41) is 7.96. The van der Waals surface area contributed by atoms with Crippen molar-refractivity contribution in [3.05, 3.63) is 0 Å². The minimum Gasteiger partial charge on any atom is -0.357 e. The molecule has 0 aromatic rings. The summed E-state index contributed by atoms with van der Waals surface area (Å²) in [5.41, 5.74) is 0. The lowest BCUT2D eigenvalue weighted by Crippen LogP contribution is -2.34. The Morgan fingerprint density at radius 3 is 2.42 bits per heavy atom. The minimum atomic E-state index is 0.636. The Balaban J connectivity index is 1.89. The SMILES string of the molecule is CCCN(C(=N)C1CC1)C1CC1. The first-order chi connectivity index (χ1) is 5.83. The van der Waals surface area contributed by atoms with Crippen LogP contribution in [0.3, 0.4) is 0 Å². The van der Waals surface area contributed by atoms with Crippen molar-refractivity contribution in [2.75, 3.05) is 6.54 Å². The van der Waals surface area contributed by atoms with Gasteiger partial charge in [0, 0.05) is 18.5 Å². The van der Waals surface area contributed by atoms with Crippen molar-refractivity contribution in [3.63, 3.8) is 0 Å². The van der Waals surface area contributed by atoms with Crippen LogP contribution in [0.1, 0.15) is 39.0 Å². The lowest BCUT2D eigenvalue weighted by molar-refractivity contribution is 0.395. The van der Waals surface area contributed by atoms with Crippen LogP contribution in [0.2, 0.25) is 0 Å². The van der Waals surface area contributed by atoms with Crippen LogP contribution in [0.15, 0.2) is 0 Å². The summed E-state index contributed by atoms with van der Waals surface area (Å²) < 4.78 is 0. The lowest BCUT2D eigenvalue weighted by atomic mass is 10.3. The molecule has 12 heavy (non-hydrogen) atoms. The zero-order valence-electron chi connectivity index (χ0n) is 7.84. The van der Waals surface area contributed by atoms with Crippen molar-refractivity contribution >= 4 is 5.84 Å². The Morgan fingerprint density at radius 1 is 1.33 bits per heavy atom. The van der Waals surface area contributed by atoms with Gasteiger partial charge in [-0.2, -0.15) is 0 Å². The van der Waals surface area contributed by atoms with Crippen LogP contribution in [0.5, 0.6) is 0 Å². The highest BCUT2D eigenvalue weighted by molar-refractivity contribution is 5.84. The molecule has 2 saturated carbocycles. The molecule has 0 aromatic carbocycles. The molecule has 2 aliphatic rings. The fourth-order valence-corrected chi connectivity index (χ4v) is 1.72. The van der Waals surface area contributed by atoms with E-state index in [1.807, 2.05) is 0 Å². The molecule has 0 atom stereocenters. The van der Waals surface area contributed by atoms with E-state index in [1.54, 1.807) is 0 Å². The Labute approximate surface area is 74.5 Å². The predicted octanol–water partition coefficient (Wildman–Crippen LogP) is 2.25. The maximum Gasteiger partial charge on any atom is 0.0992 e. The summed E-state index contributed by atoms with van der Waals surface area (Å²) in [5.74, 6) is 1.58. The maximum atomic E-state index is 7.96. The van der Waals surface area contributed by atoms with E-state index in [0.29, 0.717) is 5.92 Å². The second kappa shape index (κ2) is 3.08. The Bertz CT molecular complexity index is 180. The van der Waals surface area contributed by atoms with Crippen LogP contribution in [0.4, 0.5) is 0 Å². The lowest BCUT2D eigenvalue weighted by Gasteiger charge is -2.24.